The second kappa shape index (κ2) is 7.99. The highest BCUT2D eigenvalue weighted by Gasteiger charge is 2.31. The average Bonchev–Trinajstić information content (AvgIpc) is 2.94. The molecule has 0 spiro atoms. The van der Waals surface area contributed by atoms with Gasteiger partial charge in [-0.2, -0.15) is 8.42 Å². The Balaban J connectivity index is 1.65. The number of phenolic OH excluding ortho intramolecular Hbond substituents is 1. The highest BCUT2D eigenvalue weighted by Crippen LogP contribution is 2.26. The Kier molecular flexibility index (Phi) is 5.66. The van der Waals surface area contributed by atoms with Crippen molar-refractivity contribution in [3.05, 3.63) is 59.7 Å². The largest absolute Gasteiger partial charge is 0.508 e. The van der Waals surface area contributed by atoms with E-state index in [9.17, 15) is 23.4 Å². The van der Waals surface area contributed by atoms with Crippen LogP contribution >= 0.6 is 0 Å². The number of carbonyl (C=O) groups excluding carboxylic acids is 1. The number of hydrogen-bond acceptors (Lipinski definition) is 6. The van der Waals surface area contributed by atoms with Crippen LogP contribution in [-0.2, 0) is 21.2 Å². The highest BCUT2D eigenvalue weighted by atomic mass is 32.2. The monoisotopic (exact) mass is 403 g/mol. The van der Waals surface area contributed by atoms with E-state index in [2.05, 4.69) is 9.71 Å². The van der Waals surface area contributed by atoms with E-state index in [1.807, 2.05) is 0 Å². The highest BCUT2D eigenvalue weighted by molar-refractivity contribution is 7.90. The maximum atomic E-state index is 12.4. The predicted molar refractivity (Wildman–Crippen MR) is 104 cm³/mol. The number of aliphatic hydroxyl groups excluding tert-OH is 1. The van der Waals surface area contributed by atoms with E-state index in [4.69, 9.17) is 0 Å². The molecule has 3 rings (SSSR count). The number of hydrogen-bond donors (Lipinski definition) is 3. The van der Waals surface area contributed by atoms with Crippen LogP contribution in [0.4, 0.5) is 0 Å². The predicted octanol–water partition coefficient (Wildman–Crippen LogP) is 0.493. The first-order valence-electron chi connectivity index (χ1n) is 8.64. The summed E-state index contributed by atoms with van der Waals surface area (Å²) in [5, 5.41) is 21.6. The third kappa shape index (κ3) is 4.32. The Hall–Kier alpha value is -2.91. The maximum Gasteiger partial charge on any atom is 0.285 e. The third-order valence-electron chi connectivity index (χ3n) is 4.36. The van der Waals surface area contributed by atoms with Gasteiger partial charge in [-0.25, -0.2) is 0 Å². The molecule has 1 aliphatic heterocycles. The Morgan fingerprint density at radius 1 is 1.18 bits per heavy atom. The van der Waals surface area contributed by atoms with Gasteiger partial charge in [0, 0.05) is 12.6 Å². The minimum absolute atomic E-state index is 0.116. The van der Waals surface area contributed by atoms with Crippen molar-refractivity contribution in [3.63, 3.8) is 0 Å². The van der Waals surface area contributed by atoms with E-state index in [0.717, 1.165) is 5.56 Å². The number of nitrogens with one attached hydrogen (secondary N) is 1. The first kappa shape index (κ1) is 19.8. The molecule has 1 aliphatic rings. The standard InChI is InChI=1S/C19H21N3O5S/c1-22(19-16-4-2-3-5-17(16)28(26,27)21-19)11-18(25)20-14(12-23)10-13-6-8-15(24)9-7-13/h2-9,14,23-24H,10-12H2,1H3,(H,20,25)/t14-/m0/s1. The molecule has 0 bridgehead atoms. The molecule has 28 heavy (non-hydrogen) atoms. The molecule has 1 atom stereocenters. The summed E-state index contributed by atoms with van der Waals surface area (Å²) < 4.78 is 28.1. The van der Waals surface area contributed by atoms with Gasteiger partial charge < -0.3 is 20.4 Å². The van der Waals surface area contributed by atoms with Crippen LogP contribution in [0.2, 0.25) is 0 Å². The molecule has 8 nitrogen and oxygen atoms in total. The van der Waals surface area contributed by atoms with Crippen LogP contribution in [0, 0.1) is 0 Å². The number of nitrogens with zero attached hydrogens (tertiary/aromatic N) is 2. The van der Waals surface area contributed by atoms with Gasteiger partial charge in [0.05, 0.1) is 19.2 Å². The number of fused-ring (bicyclic) bond motifs is 1. The quantitative estimate of drug-likeness (QED) is 0.646. The van der Waals surface area contributed by atoms with E-state index >= 15 is 0 Å². The Labute approximate surface area is 163 Å². The maximum absolute atomic E-state index is 12.4. The van der Waals surface area contributed by atoms with E-state index < -0.39 is 16.1 Å². The van der Waals surface area contributed by atoms with Gasteiger partial charge in [-0.05, 0) is 36.2 Å². The number of aliphatic hydroxyl groups is 1. The molecule has 0 aliphatic carbocycles. The Morgan fingerprint density at radius 2 is 1.86 bits per heavy atom. The first-order valence-corrected chi connectivity index (χ1v) is 10.1. The smallest absolute Gasteiger partial charge is 0.285 e. The first-order chi connectivity index (χ1) is 13.3. The van der Waals surface area contributed by atoms with Crippen molar-refractivity contribution in [1.29, 1.82) is 0 Å². The van der Waals surface area contributed by atoms with Crippen LogP contribution in [-0.4, -0.2) is 61.5 Å². The molecule has 1 amide bonds. The molecule has 0 saturated heterocycles. The lowest BCUT2D eigenvalue weighted by Gasteiger charge is -2.21. The summed E-state index contributed by atoms with van der Waals surface area (Å²) in [5.41, 5.74) is 1.31. The number of likely N-dealkylation sites (N-methyl/N-ethyl adjacent to an activating group) is 1. The minimum atomic E-state index is -3.75. The summed E-state index contributed by atoms with van der Waals surface area (Å²) in [5.74, 6) is -0.0165. The summed E-state index contributed by atoms with van der Waals surface area (Å²) in [4.78, 5) is 14.0. The average molecular weight is 403 g/mol. The molecule has 2 aromatic rings. The van der Waals surface area contributed by atoms with Gasteiger partial charge in [0.15, 0.2) is 5.84 Å². The molecule has 9 heteroatoms. The second-order valence-corrected chi connectivity index (χ2v) is 8.13. The molecule has 2 aromatic carbocycles. The molecule has 0 saturated carbocycles. The van der Waals surface area contributed by atoms with Crippen LogP contribution in [0.5, 0.6) is 5.75 Å². The number of sulfonamides is 1. The SMILES string of the molecule is CN(CC(=O)N[C@H](CO)Cc1ccc(O)cc1)C1=NS(=O)(=O)c2ccccc21. The summed E-state index contributed by atoms with van der Waals surface area (Å²) in [6.45, 7) is -0.372. The minimum Gasteiger partial charge on any atom is -0.508 e. The fourth-order valence-corrected chi connectivity index (χ4v) is 4.26. The number of amidine groups is 1. The molecule has 0 aromatic heterocycles. The van der Waals surface area contributed by atoms with Crippen molar-refractivity contribution in [2.45, 2.75) is 17.4 Å². The van der Waals surface area contributed by atoms with Gasteiger partial charge in [-0.3, -0.25) is 4.79 Å². The molecule has 0 fully saturated rings. The number of benzene rings is 2. The van der Waals surface area contributed by atoms with Crippen molar-refractivity contribution in [2.24, 2.45) is 4.40 Å². The van der Waals surface area contributed by atoms with Gasteiger partial charge in [0.1, 0.15) is 10.6 Å². The second-order valence-electron chi connectivity index (χ2n) is 6.56. The van der Waals surface area contributed by atoms with Crippen LogP contribution in [0.25, 0.3) is 0 Å². The van der Waals surface area contributed by atoms with Gasteiger partial charge in [0.25, 0.3) is 10.0 Å². The molecular formula is C19H21N3O5S. The zero-order valence-electron chi connectivity index (χ0n) is 15.2. The lowest BCUT2D eigenvalue weighted by atomic mass is 10.1. The molecule has 3 N–H and O–H groups in total. The number of amides is 1. The topological polar surface area (TPSA) is 119 Å². The number of carbonyl (C=O) groups is 1. The van der Waals surface area contributed by atoms with Crippen LogP contribution in [0.15, 0.2) is 57.8 Å². The number of phenols is 1. The van der Waals surface area contributed by atoms with E-state index in [-0.39, 0.29) is 35.5 Å². The number of aromatic hydroxyl groups is 1. The zero-order chi connectivity index (χ0) is 20.3. The summed E-state index contributed by atoms with van der Waals surface area (Å²) in [6, 6.07) is 12.5. The fourth-order valence-electron chi connectivity index (χ4n) is 3.01. The van der Waals surface area contributed by atoms with Gasteiger partial charge in [0.2, 0.25) is 5.91 Å². The van der Waals surface area contributed by atoms with Crippen LogP contribution < -0.4 is 5.32 Å². The fraction of sp³-hybridized carbons (Fsp3) is 0.263. The Bertz CT molecular complexity index is 1000. The van der Waals surface area contributed by atoms with Crippen molar-refractivity contribution in [1.82, 2.24) is 10.2 Å². The summed E-state index contributed by atoms with van der Waals surface area (Å²) in [7, 11) is -2.17. The Morgan fingerprint density at radius 3 is 2.54 bits per heavy atom. The van der Waals surface area contributed by atoms with Crippen molar-refractivity contribution >= 4 is 21.8 Å². The lowest BCUT2D eigenvalue weighted by molar-refractivity contribution is -0.122. The molecule has 0 unspecified atom stereocenters. The molecule has 0 radical (unpaired) electrons. The van der Waals surface area contributed by atoms with Crippen molar-refractivity contribution in [3.8, 4) is 5.75 Å². The van der Waals surface area contributed by atoms with Gasteiger partial charge in [-0.1, -0.05) is 24.3 Å². The summed E-state index contributed by atoms with van der Waals surface area (Å²) >= 11 is 0. The van der Waals surface area contributed by atoms with Gasteiger partial charge in [-0.15, -0.1) is 4.40 Å². The third-order valence-corrected chi connectivity index (χ3v) is 5.68. The van der Waals surface area contributed by atoms with E-state index in [0.29, 0.717) is 12.0 Å². The van der Waals surface area contributed by atoms with Crippen LogP contribution in [0.3, 0.4) is 0 Å². The van der Waals surface area contributed by atoms with Gasteiger partial charge >= 0.3 is 0 Å². The molecular weight excluding hydrogens is 382 g/mol. The molecule has 1 heterocycles. The van der Waals surface area contributed by atoms with Crippen molar-refractivity contribution in [2.75, 3.05) is 20.2 Å². The van der Waals surface area contributed by atoms with E-state index in [1.54, 1.807) is 37.4 Å². The van der Waals surface area contributed by atoms with Crippen LogP contribution in [0.1, 0.15) is 11.1 Å². The number of rotatable bonds is 6. The van der Waals surface area contributed by atoms with E-state index in [1.165, 1.54) is 23.1 Å². The summed E-state index contributed by atoms with van der Waals surface area (Å²) in [6.07, 6.45) is 0.393. The molecule has 148 valence electrons. The lowest BCUT2D eigenvalue weighted by Crippen LogP contribution is -2.45. The van der Waals surface area contributed by atoms with Crippen molar-refractivity contribution < 1.29 is 23.4 Å². The normalized spacial score (nSPS) is 15.4. The zero-order valence-corrected chi connectivity index (χ0v) is 16.1.